The summed E-state index contributed by atoms with van der Waals surface area (Å²) in [7, 11) is 0. The van der Waals surface area contributed by atoms with Gasteiger partial charge in [-0.25, -0.2) is 4.79 Å². The number of aromatic nitrogens is 1. The smallest absolute Gasteiger partial charge is 0.338 e. The number of fused-ring (bicyclic) bond motifs is 4. The topological polar surface area (TPSA) is 160 Å². The van der Waals surface area contributed by atoms with Crippen molar-refractivity contribution in [1.29, 1.82) is 0 Å². The molecule has 6 aromatic rings. The van der Waals surface area contributed by atoms with Crippen molar-refractivity contribution in [3.05, 3.63) is 171 Å². The van der Waals surface area contributed by atoms with Crippen molar-refractivity contribution in [2.45, 2.75) is 57.5 Å². The zero-order valence-corrected chi connectivity index (χ0v) is 35.3. The number of hydrogen-bond donors (Lipinski definition) is 4. The standard InChI is InChI=1S/C51H53N3O9/c1-33-26-35(29-52-30-45(56)41-15-17-44(55)50-42(41)16-19-48(57)53-50)12-18-46(33)60-24-25-61-51(59)38-13-10-34(11-14-38)32-62-40-9-5-8-39(27-40)43(36-6-3-2-4-7-36)28-49(58)63-47-31-54-22-20-37(47)21-23-54/h2-19,26-27,37,43,45,47,52,55-56H,20-25,28-32H2,1H3,(H,53,57)/t43-,45-,47-/m0/s1. The van der Waals surface area contributed by atoms with Gasteiger partial charge in [-0.3, -0.25) is 14.5 Å². The number of benzene rings is 5. The molecule has 3 atom stereocenters. The van der Waals surface area contributed by atoms with Crippen molar-refractivity contribution < 1.29 is 38.7 Å². The number of aromatic hydroxyl groups is 1. The first kappa shape index (κ1) is 43.2. The predicted octanol–water partition coefficient (Wildman–Crippen LogP) is 7.34. The van der Waals surface area contributed by atoms with Crippen LogP contribution in [0.3, 0.4) is 0 Å². The van der Waals surface area contributed by atoms with Crippen LogP contribution >= 0.6 is 0 Å². The number of H-pyrrole nitrogens is 1. The Morgan fingerprint density at radius 3 is 2.38 bits per heavy atom. The fourth-order valence-corrected chi connectivity index (χ4v) is 8.63. The first-order chi connectivity index (χ1) is 30.7. The Hall–Kier alpha value is -6.47. The average Bonchev–Trinajstić information content (AvgIpc) is 3.30. The highest BCUT2D eigenvalue weighted by atomic mass is 16.6. The Morgan fingerprint density at radius 2 is 1.62 bits per heavy atom. The summed E-state index contributed by atoms with van der Waals surface area (Å²) in [6.45, 7) is 6.25. The van der Waals surface area contributed by atoms with Crippen molar-refractivity contribution in [1.82, 2.24) is 15.2 Å². The minimum absolute atomic E-state index is 0.0306. The number of aliphatic hydroxyl groups excluding tert-OH is 1. The van der Waals surface area contributed by atoms with Crippen LogP contribution in [0.5, 0.6) is 17.2 Å². The number of aromatic amines is 1. The number of esters is 2. The highest BCUT2D eigenvalue weighted by Crippen LogP contribution is 2.34. The molecule has 12 heteroatoms. The zero-order valence-electron chi connectivity index (χ0n) is 35.3. The van der Waals surface area contributed by atoms with E-state index >= 15 is 0 Å². The van der Waals surface area contributed by atoms with Crippen molar-refractivity contribution in [3.8, 4) is 17.2 Å². The minimum Gasteiger partial charge on any atom is -0.506 e. The van der Waals surface area contributed by atoms with E-state index in [2.05, 4.69) is 15.2 Å². The Labute approximate surface area is 366 Å². The van der Waals surface area contributed by atoms with Crippen molar-refractivity contribution in [2.24, 2.45) is 5.92 Å². The van der Waals surface area contributed by atoms with Gasteiger partial charge in [0, 0.05) is 37.0 Å². The minimum atomic E-state index is -0.864. The van der Waals surface area contributed by atoms with Gasteiger partial charge in [0.25, 0.3) is 0 Å². The molecular formula is C51H53N3O9. The van der Waals surface area contributed by atoms with Crippen molar-refractivity contribution in [2.75, 3.05) is 39.4 Å². The number of rotatable bonds is 18. The van der Waals surface area contributed by atoms with Crippen LogP contribution < -0.4 is 20.3 Å². The SMILES string of the molecule is Cc1cc(CNC[C@H](O)c2ccc(O)c3[nH]c(=O)ccc23)ccc1OCCOC(=O)c1ccc(COc2cccc([C@@H](CC(=O)O[C@H]3CN4CCC3CC4)c3ccccc3)c2)cc1. The second-order valence-corrected chi connectivity index (χ2v) is 16.4. The first-order valence-electron chi connectivity index (χ1n) is 21.6. The van der Waals surface area contributed by atoms with Crippen LogP contribution in [0.1, 0.15) is 75.0 Å². The quantitative estimate of drug-likeness (QED) is 0.0507. The lowest BCUT2D eigenvalue weighted by molar-refractivity contribution is -0.159. The summed E-state index contributed by atoms with van der Waals surface area (Å²) in [6, 6.07) is 36.9. The molecule has 4 N–H and O–H groups in total. The van der Waals surface area contributed by atoms with E-state index in [9.17, 15) is 24.6 Å². The average molecular weight is 852 g/mol. The molecule has 0 aliphatic carbocycles. The molecule has 0 amide bonds. The van der Waals surface area contributed by atoms with E-state index in [1.54, 1.807) is 24.3 Å². The Bertz CT molecular complexity index is 2570. The highest BCUT2D eigenvalue weighted by Gasteiger charge is 2.37. The van der Waals surface area contributed by atoms with Gasteiger partial charge in [0.1, 0.15) is 43.2 Å². The van der Waals surface area contributed by atoms with Crippen LogP contribution in [0.15, 0.2) is 126 Å². The first-order valence-corrected chi connectivity index (χ1v) is 21.6. The summed E-state index contributed by atoms with van der Waals surface area (Å²) in [5.74, 6) is 0.948. The molecule has 3 aliphatic rings. The maximum atomic E-state index is 13.3. The van der Waals surface area contributed by atoms with Gasteiger partial charge >= 0.3 is 11.9 Å². The summed E-state index contributed by atoms with van der Waals surface area (Å²) in [4.78, 5) is 42.9. The summed E-state index contributed by atoms with van der Waals surface area (Å²) in [6.07, 6.45) is 1.53. The van der Waals surface area contributed by atoms with Gasteiger partial charge in [-0.1, -0.05) is 72.8 Å². The number of ether oxygens (including phenoxy) is 4. The fourth-order valence-electron chi connectivity index (χ4n) is 8.63. The normalized spacial score (nSPS) is 17.8. The number of nitrogens with zero attached hydrogens (tertiary/aromatic N) is 1. The molecule has 0 saturated carbocycles. The summed E-state index contributed by atoms with van der Waals surface area (Å²) in [5.41, 5.74) is 5.78. The van der Waals surface area contributed by atoms with Gasteiger partial charge in [0.2, 0.25) is 5.56 Å². The number of aliphatic hydroxyl groups is 1. The molecule has 1 aromatic heterocycles. The molecule has 63 heavy (non-hydrogen) atoms. The molecule has 3 fully saturated rings. The largest absolute Gasteiger partial charge is 0.506 e. The third-order valence-electron chi connectivity index (χ3n) is 12.1. The maximum absolute atomic E-state index is 13.3. The van der Waals surface area contributed by atoms with E-state index in [0.717, 1.165) is 60.3 Å². The lowest BCUT2D eigenvalue weighted by atomic mass is 9.85. The second-order valence-electron chi connectivity index (χ2n) is 16.4. The van der Waals surface area contributed by atoms with E-state index in [4.69, 9.17) is 18.9 Å². The lowest BCUT2D eigenvalue weighted by Crippen LogP contribution is -2.52. The van der Waals surface area contributed by atoms with Crippen LogP contribution in [-0.2, 0) is 27.4 Å². The number of phenolic OH excluding ortho intramolecular Hbond substituents is 1. The molecule has 2 bridgehead atoms. The zero-order chi connectivity index (χ0) is 43.7. The van der Waals surface area contributed by atoms with Crippen LogP contribution in [-0.4, -0.2) is 77.5 Å². The van der Waals surface area contributed by atoms with E-state index < -0.39 is 12.1 Å². The number of nitrogens with one attached hydrogen (secondary N) is 2. The molecule has 4 heterocycles. The van der Waals surface area contributed by atoms with E-state index in [0.29, 0.717) is 52.6 Å². The Kier molecular flexibility index (Phi) is 13.8. The summed E-state index contributed by atoms with van der Waals surface area (Å²) >= 11 is 0. The van der Waals surface area contributed by atoms with E-state index in [-0.39, 0.29) is 55.5 Å². The summed E-state index contributed by atoms with van der Waals surface area (Å²) in [5, 5.41) is 24.8. The highest BCUT2D eigenvalue weighted by molar-refractivity contribution is 5.89. The number of carbonyl (C=O) groups is 2. The second kappa shape index (κ2) is 20.1. The molecule has 326 valence electrons. The molecule has 0 spiro atoms. The molecular weight excluding hydrogens is 799 g/mol. The number of aryl methyl sites for hydroxylation is 1. The number of hydrogen-bond acceptors (Lipinski definition) is 11. The van der Waals surface area contributed by atoms with Gasteiger partial charge in [0.15, 0.2) is 0 Å². The predicted molar refractivity (Wildman–Crippen MR) is 239 cm³/mol. The third kappa shape index (κ3) is 11.0. The van der Waals surface area contributed by atoms with Gasteiger partial charge in [-0.2, -0.15) is 0 Å². The number of phenols is 1. The molecule has 3 aliphatic heterocycles. The molecule has 9 rings (SSSR count). The molecule has 3 saturated heterocycles. The van der Waals surface area contributed by atoms with Gasteiger partial charge < -0.3 is 39.5 Å². The van der Waals surface area contributed by atoms with E-state index in [1.165, 1.54) is 12.1 Å². The van der Waals surface area contributed by atoms with Crippen LogP contribution in [0.4, 0.5) is 0 Å². The molecule has 0 radical (unpaired) electrons. The van der Waals surface area contributed by atoms with Gasteiger partial charge in [-0.15, -0.1) is 0 Å². The molecule has 12 nitrogen and oxygen atoms in total. The Balaban J connectivity index is 0.773. The van der Waals surface area contributed by atoms with Crippen molar-refractivity contribution >= 4 is 22.8 Å². The molecule has 0 unspecified atom stereocenters. The monoisotopic (exact) mass is 851 g/mol. The van der Waals surface area contributed by atoms with Gasteiger partial charge in [-0.05, 0) is 115 Å². The number of piperidine rings is 3. The van der Waals surface area contributed by atoms with Crippen LogP contribution in [0, 0.1) is 12.8 Å². The van der Waals surface area contributed by atoms with E-state index in [1.807, 2.05) is 91.9 Å². The lowest BCUT2D eigenvalue weighted by Gasteiger charge is -2.44. The molecule has 5 aromatic carbocycles. The fraction of sp³-hybridized carbons (Fsp3) is 0.314. The van der Waals surface area contributed by atoms with Crippen molar-refractivity contribution in [3.63, 3.8) is 0 Å². The van der Waals surface area contributed by atoms with Gasteiger partial charge in [0.05, 0.1) is 23.6 Å². The van der Waals surface area contributed by atoms with Crippen LogP contribution in [0.25, 0.3) is 10.9 Å². The Morgan fingerprint density at radius 1 is 0.841 bits per heavy atom. The number of carbonyl (C=O) groups excluding carboxylic acids is 2. The maximum Gasteiger partial charge on any atom is 0.338 e. The number of pyridine rings is 1. The summed E-state index contributed by atoms with van der Waals surface area (Å²) < 4.78 is 23.7. The van der Waals surface area contributed by atoms with Crippen LogP contribution in [0.2, 0.25) is 0 Å². The third-order valence-corrected chi connectivity index (χ3v) is 12.1.